The summed E-state index contributed by atoms with van der Waals surface area (Å²) >= 11 is 16.1. The van der Waals surface area contributed by atoms with Crippen molar-refractivity contribution >= 4 is 46.7 Å². The number of carboxylic acid groups (broad SMARTS) is 1. The molecule has 2 atom stereocenters. The highest BCUT2D eigenvalue weighted by molar-refractivity contribution is 6.48. The molecule has 7 heteroatoms. The van der Waals surface area contributed by atoms with Crippen LogP contribution in [0.5, 0.6) is 0 Å². The maximum Gasteiger partial charge on any atom is 0.310 e. The third kappa shape index (κ3) is 5.52. The second-order valence-electron chi connectivity index (χ2n) is 2.62. The van der Waals surface area contributed by atoms with Gasteiger partial charge in [-0.25, -0.2) is 0 Å². The molecule has 0 saturated heterocycles. The molecule has 0 aromatic carbocycles. The summed E-state index contributed by atoms with van der Waals surface area (Å²) in [5.41, 5.74) is -1.16. The van der Waals surface area contributed by atoms with Crippen molar-refractivity contribution in [3.63, 3.8) is 0 Å². The molecule has 0 amide bonds. The highest BCUT2D eigenvalue weighted by Gasteiger charge is 2.23. The number of ether oxygens (including phenoxy) is 1. The van der Waals surface area contributed by atoms with Gasteiger partial charge >= 0.3 is 11.9 Å². The lowest BCUT2D eigenvalue weighted by Crippen LogP contribution is -2.24. The van der Waals surface area contributed by atoms with Gasteiger partial charge in [0.05, 0.1) is 12.3 Å². The molecule has 1 N–H and O–H groups in total. The molecule has 0 aromatic rings. The summed E-state index contributed by atoms with van der Waals surface area (Å²) in [6.07, 6.45) is -0.322. The number of carbonyl (C=O) groups is 2. The summed E-state index contributed by atoms with van der Waals surface area (Å²) in [6, 6.07) is 0. The Morgan fingerprint density at radius 1 is 1.36 bits per heavy atom. The van der Waals surface area contributed by atoms with Crippen LogP contribution in [0, 0.1) is 5.92 Å². The van der Waals surface area contributed by atoms with Gasteiger partial charge in [0.2, 0.25) is 5.56 Å². The van der Waals surface area contributed by atoms with E-state index in [9.17, 15) is 9.59 Å². The summed E-state index contributed by atoms with van der Waals surface area (Å²) < 4.78 is 4.57. The average molecular weight is 264 g/mol. The molecule has 0 aliphatic heterocycles. The maximum atomic E-state index is 11.1. The van der Waals surface area contributed by atoms with E-state index in [-0.39, 0.29) is 6.42 Å². The SMILES string of the molecule is CC(CC(=O)O)C(=O)OC(Cl)C(Cl)Cl. The van der Waals surface area contributed by atoms with Gasteiger partial charge in [-0.3, -0.25) is 9.59 Å². The second kappa shape index (κ2) is 6.32. The van der Waals surface area contributed by atoms with Crippen molar-refractivity contribution in [1.82, 2.24) is 0 Å². The lowest BCUT2D eigenvalue weighted by Gasteiger charge is -2.14. The van der Waals surface area contributed by atoms with Crippen molar-refractivity contribution in [3.8, 4) is 0 Å². The number of alkyl halides is 3. The van der Waals surface area contributed by atoms with Crippen molar-refractivity contribution in [2.75, 3.05) is 0 Å². The van der Waals surface area contributed by atoms with Crippen LogP contribution in [0.4, 0.5) is 0 Å². The second-order valence-corrected chi connectivity index (χ2v) is 4.22. The molecule has 0 fully saturated rings. The zero-order chi connectivity index (χ0) is 11.3. The fourth-order valence-corrected chi connectivity index (χ4v) is 0.814. The molecule has 0 aliphatic carbocycles. The van der Waals surface area contributed by atoms with E-state index in [1.807, 2.05) is 0 Å². The highest BCUT2D eigenvalue weighted by Crippen LogP contribution is 2.17. The molecular formula is C7H9Cl3O4. The van der Waals surface area contributed by atoms with E-state index in [0.717, 1.165) is 0 Å². The van der Waals surface area contributed by atoms with Crippen LogP contribution >= 0.6 is 34.8 Å². The highest BCUT2D eigenvalue weighted by atomic mass is 35.5. The minimum atomic E-state index is -1.16. The number of esters is 1. The topological polar surface area (TPSA) is 63.6 Å². The fraction of sp³-hybridized carbons (Fsp3) is 0.714. The monoisotopic (exact) mass is 262 g/mol. The largest absolute Gasteiger partial charge is 0.481 e. The van der Waals surface area contributed by atoms with E-state index in [1.54, 1.807) is 0 Å². The minimum Gasteiger partial charge on any atom is -0.481 e. The van der Waals surface area contributed by atoms with Crippen molar-refractivity contribution in [2.24, 2.45) is 5.92 Å². The molecule has 0 aliphatic rings. The van der Waals surface area contributed by atoms with Crippen LogP contribution < -0.4 is 0 Å². The first-order valence-corrected chi connectivity index (χ1v) is 5.00. The van der Waals surface area contributed by atoms with Crippen molar-refractivity contribution in [2.45, 2.75) is 23.7 Å². The number of halogens is 3. The van der Waals surface area contributed by atoms with Gasteiger partial charge in [-0.2, -0.15) is 0 Å². The molecule has 0 aromatic heterocycles. The van der Waals surface area contributed by atoms with E-state index in [4.69, 9.17) is 39.9 Å². The van der Waals surface area contributed by atoms with Crippen LogP contribution in [0.25, 0.3) is 0 Å². The summed E-state index contributed by atoms with van der Waals surface area (Å²) in [5, 5.41) is 8.38. The summed E-state index contributed by atoms with van der Waals surface area (Å²) in [6.45, 7) is 1.41. The van der Waals surface area contributed by atoms with Crippen molar-refractivity contribution in [1.29, 1.82) is 0 Å². The molecule has 0 saturated carbocycles. The minimum absolute atomic E-state index is 0.322. The third-order valence-electron chi connectivity index (χ3n) is 1.31. The quantitative estimate of drug-likeness (QED) is 0.609. The molecule has 4 nitrogen and oxygen atoms in total. The van der Waals surface area contributed by atoms with Crippen LogP contribution in [0.3, 0.4) is 0 Å². The van der Waals surface area contributed by atoms with Crippen LogP contribution in [0.2, 0.25) is 0 Å². The fourth-order valence-electron chi connectivity index (χ4n) is 0.624. The van der Waals surface area contributed by atoms with Crippen LogP contribution in [0.1, 0.15) is 13.3 Å². The smallest absolute Gasteiger partial charge is 0.310 e. The number of carbonyl (C=O) groups excluding carboxylic acids is 1. The van der Waals surface area contributed by atoms with E-state index in [1.165, 1.54) is 6.92 Å². The van der Waals surface area contributed by atoms with Gasteiger partial charge in [0.1, 0.15) is 0 Å². The molecule has 0 heterocycles. The Kier molecular flexibility index (Phi) is 6.24. The Hall–Kier alpha value is -0.190. The van der Waals surface area contributed by atoms with Crippen molar-refractivity contribution < 1.29 is 19.4 Å². The molecular weight excluding hydrogens is 254 g/mol. The Morgan fingerprint density at radius 3 is 2.21 bits per heavy atom. The summed E-state index contributed by atoms with van der Waals surface area (Å²) in [4.78, 5) is 20.3. The zero-order valence-corrected chi connectivity index (χ0v) is 9.51. The maximum absolute atomic E-state index is 11.1. The normalized spacial score (nSPS) is 14.9. The number of carboxylic acids is 1. The molecule has 14 heavy (non-hydrogen) atoms. The van der Waals surface area contributed by atoms with E-state index in [2.05, 4.69) is 4.74 Å². The molecule has 82 valence electrons. The molecule has 0 spiro atoms. The average Bonchev–Trinajstić information content (AvgIpc) is 2.02. The predicted octanol–water partition coefficient (Wildman–Crippen LogP) is 2.01. The van der Waals surface area contributed by atoms with Gasteiger partial charge in [-0.05, 0) is 0 Å². The van der Waals surface area contributed by atoms with Gasteiger partial charge in [0.15, 0.2) is 4.84 Å². The zero-order valence-electron chi connectivity index (χ0n) is 7.25. The van der Waals surface area contributed by atoms with Gasteiger partial charge < -0.3 is 9.84 Å². The molecule has 0 radical (unpaired) electrons. The van der Waals surface area contributed by atoms with Crippen LogP contribution in [-0.2, 0) is 14.3 Å². The first-order chi connectivity index (χ1) is 6.34. The van der Waals surface area contributed by atoms with Gasteiger partial charge in [0.25, 0.3) is 0 Å². The summed E-state index contributed by atoms with van der Waals surface area (Å²) in [5.74, 6) is -2.60. The number of rotatable bonds is 5. The Balaban J connectivity index is 4.01. The van der Waals surface area contributed by atoms with Gasteiger partial charge in [-0.15, -0.1) is 0 Å². The van der Waals surface area contributed by atoms with E-state index < -0.39 is 28.3 Å². The van der Waals surface area contributed by atoms with Crippen molar-refractivity contribution in [3.05, 3.63) is 0 Å². The third-order valence-corrected chi connectivity index (χ3v) is 2.37. The van der Waals surface area contributed by atoms with Gasteiger partial charge in [0, 0.05) is 0 Å². The first kappa shape index (κ1) is 13.8. The number of hydrogen-bond donors (Lipinski definition) is 1. The van der Waals surface area contributed by atoms with E-state index in [0.29, 0.717) is 0 Å². The van der Waals surface area contributed by atoms with E-state index >= 15 is 0 Å². The van der Waals surface area contributed by atoms with Crippen LogP contribution in [-0.4, -0.2) is 27.4 Å². The predicted molar refractivity (Wildman–Crippen MR) is 52.6 cm³/mol. The van der Waals surface area contributed by atoms with Gasteiger partial charge in [-0.1, -0.05) is 41.7 Å². The lowest BCUT2D eigenvalue weighted by atomic mass is 10.1. The Morgan fingerprint density at radius 2 is 1.86 bits per heavy atom. The standard InChI is InChI=1S/C7H9Cl3O4/c1-3(2-4(11)12)7(13)14-6(10)5(8)9/h3,5-6H,2H2,1H3,(H,11,12). The summed E-state index contributed by atoms with van der Waals surface area (Å²) in [7, 11) is 0. The number of aliphatic carboxylic acids is 1. The first-order valence-electron chi connectivity index (χ1n) is 3.69. The molecule has 0 rings (SSSR count). The lowest BCUT2D eigenvalue weighted by molar-refractivity contribution is -0.153. The Labute approximate surface area is 96.1 Å². The molecule has 0 bridgehead atoms. The number of hydrogen-bond acceptors (Lipinski definition) is 3. The van der Waals surface area contributed by atoms with Crippen LogP contribution in [0.15, 0.2) is 0 Å². The Bertz CT molecular complexity index is 219. The molecule has 2 unspecified atom stereocenters.